The maximum absolute atomic E-state index is 11.7. The minimum atomic E-state index is -0.339. The van der Waals surface area contributed by atoms with Crippen LogP contribution in [0.2, 0.25) is 0 Å². The molecule has 2 aromatic rings. The summed E-state index contributed by atoms with van der Waals surface area (Å²) < 4.78 is 1.55. The van der Waals surface area contributed by atoms with E-state index in [0.29, 0.717) is 17.4 Å². The van der Waals surface area contributed by atoms with E-state index in [1.807, 2.05) is 13.0 Å². The standard InChI is InChI=1S/C11H12N2O2/c1-2-13-8-6-4-3-5-7(8)10(14)9(12)11(13)15/h3-6,14H,2,12H2,1H3. The second kappa shape index (κ2) is 3.31. The molecule has 0 radical (unpaired) electrons. The molecule has 3 N–H and O–H groups in total. The summed E-state index contributed by atoms with van der Waals surface area (Å²) in [7, 11) is 0. The topological polar surface area (TPSA) is 68.2 Å². The smallest absolute Gasteiger partial charge is 0.278 e. The Hall–Kier alpha value is -1.97. The first-order chi connectivity index (χ1) is 7.16. The summed E-state index contributed by atoms with van der Waals surface area (Å²) in [5.74, 6) is -0.125. The van der Waals surface area contributed by atoms with Crippen molar-refractivity contribution >= 4 is 16.6 Å². The van der Waals surface area contributed by atoms with Crippen LogP contribution >= 0.6 is 0 Å². The summed E-state index contributed by atoms with van der Waals surface area (Å²) in [6, 6.07) is 7.15. The lowest BCUT2D eigenvalue weighted by molar-refractivity contribution is 0.482. The summed E-state index contributed by atoms with van der Waals surface area (Å²) >= 11 is 0. The van der Waals surface area contributed by atoms with Gasteiger partial charge < -0.3 is 15.4 Å². The highest BCUT2D eigenvalue weighted by Gasteiger charge is 2.11. The minimum Gasteiger partial charge on any atom is -0.505 e. The number of aromatic nitrogens is 1. The summed E-state index contributed by atoms with van der Waals surface area (Å²) in [6.45, 7) is 2.40. The molecular formula is C11H12N2O2. The van der Waals surface area contributed by atoms with Gasteiger partial charge in [0.1, 0.15) is 5.69 Å². The number of hydrogen-bond donors (Lipinski definition) is 2. The van der Waals surface area contributed by atoms with Crippen molar-refractivity contribution in [3.05, 3.63) is 34.6 Å². The van der Waals surface area contributed by atoms with Crippen LogP contribution in [0.5, 0.6) is 5.75 Å². The normalized spacial score (nSPS) is 10.7. The lowest BCUT2D eigenvalue weighted by Crippen LogP contribution is -2.22. The van der Waals surface area contributed by atoms with Gasteiger partial charge in [0.25, 0.3) is 5.56 Å². The lowest BCUT2D eigenvalue weighted by Gasteiger charge is -2.10. The highest BCUT2D eigenvalue weighted by atomic mass is 16.3. The number of aryl methyl sites for hydroxylation is 1. The molecule has 0 saturated heterocycles. The van der Waals surface area contributed by atoms with E-state index in [9.17, 15) is 9.90 Å². The van der Waals surface area contributed by atoms with E-state index < -0.39 is 0 Å². The van der Waals surface area contributed by atoms with Crippen molar-refractivity contribution in [1.29, 1.82) is 0 Å². The Kier molecular flexibility index (Phi) is 2.11. The molecule has 15 heavy (non-hydrogen) atoms. The zero-order valence-electron chi connectivity index (χ0n) is 8.40. The monoisotopic (exact) mass is 204 g/mol. The number of hydrogen-bond acceptors (Lipinski definition) is 3. The fraction of sp³-hybridized carbons (Fsp3) is 0.182. The second-order valence-electron chi connectivity index (χ2n) is 3.33. The van der Waals surface area contributed by atoms with Gasteiger partial charge in [-0.2, -0.15) is 0 Å². The van der Waals surface area contributed by atoms with Crippen LogP contribution in [0.4, 0.5) is 5.69 Å². The predicted octanol–water partition coefficient (Wildman–Crippen LogP) is 1.31. The molecule has 0 aliphatic carbocycles. The summed E-state index contributed by atoms with van der Waals surface area (Å²) in [5.41, 5.74) is 5.82. The Morgan fingerprint density at radius 3 is 2.73 bits per heavy atom. The Morgan fingerprint density at radius 2 is 2.07 bits per heavy atom. The molecule has 0 bridgehead atoms. The maximum atomic E-state index is 11.7. The number of benzene rings is 1. The molecule has 0 unspecified atom stereocenters. The molecule has 0 atom stereocenters. The van der Waals surface area contributed by atoms with Gasteiger partial charge in [0.15, 0.2) is 5.75 Å². The van der Waals surface area contributed by atoms with Crippen LogP contribution in [0.3, 0.4) is 0 Å². The molecule has 1 heterocycles. The summed E-state index contributed by atoms with van der Waals surface area (Å²) in [4.78, 5) is 11.7. The molecule has 0 fully saturated rings. The molecule has 4 heteroatoms. The first-order valence-corrected chi connectivity index (χ1v) is 4.76. The van der Waals surface area contributed by atoms with Crippen molar-refractivity contribution < 1.29 is 5.11 Å². The third-order valence-corrected chi connectivity index (χ3v) is 2.50. The average molecular weight is 204 g/mol. The molecule has 1 aromatic carbocycles. The first-order valence-electron chi connectivity index (χ1n) is 4.76. The number of nitrogens with two attached hydrogens (primary N) is 1. The number of anilines is 1. The van der Waals surface area contributed by atoms with Crippen LogP contribution in [0.1, 0.15) is 6.92 Å². The van der Waals surface area contributed by atoms with Crippen molar-refractivity contribution in [3.8, 4) is 5.75 Å². The van der Waals surface area contributed by atoms with Crippen LogP contribution in [0.15, 0.2) is 29.1 Å². The lowest BCUT2D eigenvalue weighted by atomic mass is 10.2. The minimum absolute atomic E-state index is 0.0875. The fourth-order valence-corrected chi connectivity index (χ4v) is 1.72. The number of nitrogen functional groups attached to an aromatic ring is 1. The van der Waals surface area contributed by atoms with Crippen molar-refractivity contribution in [1.82, 2.24) is 4.57 Å². The molecule has 0 saturated carbocycles. The molecule has 0 spiro atoms. The molecule has 0 aliphatic rings. The summed E-state index contributed by atoms with van der Waals surface area (Å²) in [6.07, 6.45) is 0. The van der Waals surface area contributed by atoms with E-state index in [1.54, 1.807) is 22.8 Å². The predicted molar refractivity (Wildman–Crippen MR) is 60.0 cm³/mol. The van der Waals surface area contributed by atoms with E-state index in [0.717, 1.165) is 0 Å². The number of rotatable bonds is 1. The Morgan fingerprint density at radius 1 is 1.40 bits per heavy atom. The summed E-state index contributed by atoms with van der Waals surface area (Å²) in [5, 5.41) is 10.3. The van der Waals surface area contributed by atoms with Gasteiger partial charge in [-0.05, 0) is 19.1 Å². The van der Waals surface area contributed by atoms with Crippen LogP contribution in [-0.4, -0.2) is 9.67 Å². The number of fused-ring (bicyclic) bond motifs is 1. The molecular weight excluding hydrogens is 192 g/mol. The van der Waals surface area contributed by atoms with E-state index in [2.05, 4.69) is 0 Å². The Bertz CT molecular complexity index is 573. The van der Waals surface area contributed by atoms with Gasteiger partial charge in [-0.25, -0.2) is 0 Å². The number of nitrogens with zero attached hydrogens (tertiary/aromatic N) is 1. The molecule has 2 rings (SSSR count). The van der Waals surface area contributed by atoms with Crippen molar-refractivity contribution in [2.24, 2.45) is 0 Å². The van der Waals surface area contributed by atoms with Crippen molar-refractivity contribution in [3.63, 3.8) is 0 Å². The first kappa shape index (κ1) is 9.58. The van der Waals surface area contributed by atoms with Crippen LogP contribution in [0.25, 0.3) is 10.9 Å². The van der Waals surface area contributed by atoms with Gasteiger partial charge >= 0.3 is 0 Å². The van der Waals surface area contributed by atoms with E-state index in [1.165, 1.54) is 0 Å². The zero-order chi connectivity index (χ0) is 11.0. The second-order valence-corrected chi connectivity index (χ2v) is 3.33. The average Bonchev–Trinajstić information content (AvgIpc) is 2.27. The van der Waals surface area contributed by atoms with Crippen molar-refractivity contribution in [2.45, 2.75) is 13.5 Å². The Balaban J connectivity index is 3.05. The van der Waals surface area contributed by atoms with Gasteiger partial charge in [0, 0.05) is 11.9 Å². The SMILES string of the molecule is CCn1c(=O)c(N)c(O)c2ccccc21. The molecule has 0 aliphatic heterocycles. The molecule has 78 valence electrons. The van der Waals surface area contributed by atoms with Crippen molar-refractivity contribution in [2.75, 3.05) is 5.73 Å². The van der Waals surface area contributed by atoms with Gasteiger partial charge in [-0.15, -0.1) is 0 Å². The maximum Gasteiger partial charge on any atom is 0.278 e. The number of pyridine rings is 1. The largest absolute Gasteiger partial charge is 0.505 e. The van der Waals surface area contributed by atoms with Crippen LogP contribution in [0, 0.1) is 0 Å². The highest BCUT2D eigenvalue weighted by molar-refractivity contribution is 5.89. The third-order valence-electron chi connectivity index (χ3n) is 2.50. The Labute approximate surface area is 86.6 Å². The molecule has 0 amide bonds. The number of aromatic hydroxyl groups is 1. The van der Waals surface area contributed by atoms with Gasteiger partial charge in [0.2, 0.25) is 0 Å². The van der Waals surface area contributed by atoms with E-state index >= 15 is 0 Å². The van der Waals surface area contributed by atoms with Crippen LogP contribution in [-0.2, 0) is 6.54 Å². The fourth-order valence-electron chi connectivity index (χ4n) is 1.72. The molecule has 1 aromatic heterocycles. The highest BCUT2D eigenvalue weighted by Crippen LogP contribution is 2.27. The van der Waals surface area contributed by atoms with E-state index in [-0.39, 0.29) is 17.0 Å². The quantitative estimate of drug-likeness (QED) is 0.735. The third kappa shape index (κ3) is 1.26. The van der Waals surface area contributed by atoms with E-state index in [4.69, 9.17) is 5.73 Å². The van der Waals surface area contributed by atoms with Gasteiger partial charge in [-0.3, -0.25) is 4.79 Å². The van der Waals surface area contributed by atoms with Gasteiger partial charge in [-0.1, -0.05) is 12.1 Å². The zero-order valence-corrected chi connectivity index (χ0v) is 8.40. The van der Waals surface area contributed by atoms with Gasteiger partial charge in [0.05, 0.1) is 5.52 Å². The van der Waals surface area contributed by atoms with Crippen LogP contribution < -0.4 is 11.3 Å². The molecule has 4 nitrogen and oxygen atoms in total. The number of para-hydroxylation sites is 1.